The van der Waals surface area contributed by atoms with Crippen molar-refractivity contribution >= 4 is 22.6 Å². The van der Waals surface area contributed by atoms with E-state index in [0.717, 1.165) is 103 Å². The van der Waals surface area contributed by atoms with Crippen LogP contribution in [-0.4, -0.2) is 88.1 Å². The van der Waals surface area contributed by atoms with Crippen LogP contribution in [0.25, 0.3) is 33.5 Å². The maximum atomic E-state index is 12.6. The van der Waals surface area contributed by atoms with E-state index in [1.807, 2.05) is 37.4 Å². The summed E-state index contributed by atoms with van der Waals surface area (Å²) in [5.74, 6) is 0.0301. The van der Waals surface area contributed by atoms with Crippen LogP contribution in [0.5, 0.6) is 0 Å². The van der Waals surface area contributed by atoms with E-state index >= 15 is 0 Å². The van der Waals surface area contributed by atoms with Crippen LogP contribution >= 0.6 is 0 Å². The third-order valence-electron chi connectivity index (χ3n) is 8.05. The summed E-state index contributed by atoms with van der Waals surface area (Å²) in [4.78, 5) is 34.4. The van der Waals surface area contributed by atoms with Gasteiger partial charge in [-0.1, -0.05) is 12.1 Å². The van der Waals surface area contributed by atoms with Crippen LogP contribution in [0.1, 0.15) is 25.0 Å². The van der Waals surface area contributed by atoms with Crippen molar-refractivity contribution in [3.63, 3.8) is 0 Å². The first kappa shape index (κ1) is 26.4. The second-order valence-corrected chi connectivity index (χ2v) is 11.1. The second-order valence-electron chi connectivity index (χ2n) is 11.1. The average Bonchev–Trinajstić information content (AvgIpc) is 3.62. The Morgan fingerprint density at radius 3 is 2.77 bits per heavy atom. The van der Waals surface area contributed by atoms with Crippen molar-refractivity contribution in [2.75, 3.05) is 51.6 Å². The lowest BCUT2D eigenvalue weighted by Crippen LogP contribution is -2.40. The zero-order valence-corrected chi connectivity index (χ0v) is 23.3. The first-order chi connectivity index (χ1) is 19.5. The number of nitrogens with zero attached hydrogens (tertiary/aromatic N) is 5. The number of aryl methyl sites for hydroxylation is 1. The minimum Gasteiger partial charge on any atom is -0.461 e. The predicted molar refractivity (Wildman–Crippen MR) is 157 cm³/mol. The Kier molecular flexibility index (Phi) is 7.75. The fourth-order valence-electron chi connectivity index (χ4n) is 5.77. The Labute approximate surface area is 235 Å². The molecule has 2 saturated heterocycles. The van der Waals surface area contributed by atoms with Crippen molar-refractivity contribution in [1.82, 2.24) is 29.7 Å². The monoisotopic (exact) mass is 539 g/mol. The van der Waals surface area contributed by atoms with Gasteiger partial charge in [-0.3, -0.25) is 14.8 Å². The van der Waals surface area contributed by atoms with E-state index in [0.29, 0.717) is 0 Å². The maximum absolute atomic E-state index is 12.6. The molecule has 2 fully saturated rings. The van der Waals surface area contributed by atoms with Crippen LogP contribution in [0.15, 0.2) is 55.0 Å². The van der Waals surface area contributed by atoms with Gasteiger partial charge in [0, 0.05) is 42.8 Å². The third-order valence-corrected chi connectivity index (χ3v) is 8.05. The van der Waals surface area contributed by atoms with Gasteiger partial charge in [-0.05, 0) is 76.7 Å². The lowest BCUT2D eigenvalue weighted by Gasteiger charge is -2.31. The molecular weight excluding hydrogens is 502 g/mol. The quantitative estimate of drug-likeness (QED) is 0.319. The van der Waals surface area contributed by atoms with E-state index in [1.54, 1.807) is 6.33 Å². The number of piperidine rings is 1. The number of rotatable bonds is 8. The summed E-state index contributed by atoms with van der Waals surface area (Å²) in [7, 11) is 2.08. The number of aromatic nitrogens is 4. The van der Waals surface area contributed by atoms with Crippen LogP contribution in [0.2, 0.25) is 0 Å². The van der Waals surface area contributed by atoms with Crippen LogP contribution in [0.3, 0.4) is 0 Å². The van der Waals surface area contributed by atoms with Crippen molar-refractivity contribution in [2.45, 2.75) is 32.3 Å². The van der Waals surface area contributed by atoms with E-state index in [1.165, 1.54) is 0 Å². The lowest BCUT2D eigenvalue weighted by atomic mass is 9.97. The summed E-state index contributed by atoms with van der Waals surface area (Å²) >= 11 is 0. The lowest BCUT2D eigenvalue weighted by molar-refractivity contribution is -0.155. The molecule has 0 saturated carbocycles. The zero-order valence-electron chi connectivity index (χ0n) is 23.3. The number of hydrogen-bond acceptors (Lipinski definition) is 8. The zero-order chi connectivity index (χ0) is 27.5. The van der Waals surface area contributed by atoms with Crippen molar-refractivity contribution in [2.24, 2.45) is 5.92 Å². The number of anilines is 1. The molecule has 0 amide bonds. The molecule has 0 radical (unpaired) electrons. The topological polar surface area (TPSA) is 99.3 Å². The molecule has 9 nitrogen and oxygen atoms in total. The Bertz CT molecular complexity index is 1480. The standard InChI is InChI=1S/C31H37N7O2/c1-21-4-3-5-28(36-21)30-29(34-20-35-30)23-6-7-27-24(16-23)17-25(18-33-27)32-11-15-38-13-8-22(9-14-38)31(39)40-26-10-12-37(2)19-26/h3-7,16-18,20,22,26,32H,8-15,19H2,1-2H3,(H,34,35)/t26-/m0/s1. The molecule has 0 spiro atoms. The second kappa shape index (κ2) is 11.7. The number of imidazole rings is 1. The molecule has 1 atom stereocenters. The van der Waals surface area contributed by atoms with E-state index in [9.17, 15) is 4.79 Å². The number of hydrogen-bond donors (Lipinski definition) is 2. The molecule has 0 bridgehead atoms. The fraction of sp³-hybridized carbons (Fsp3) is 0.419. The minimum atomic E-state index is -0.00297. The number of esters is 1. The van der Waals surface area contributed by atoms with Gasteiger partial charge in [-0.25, -0.2) is 4.98 Å². The molecular formula is C31H37N7O2. The third kappa shape index (κ3) is 6.00. The molecule has 4 aromatic rings. The van der Waals surface area contributed by atoms with Gasteiger partial charge in [0.2, 0.25) is 0 Å². The Morgan fingerprint density at radius 2 is 1.98 bits per heavy atom. The highest BCUT2D eigenvalue weighted by Gasteiger charge is 2.30. The van der Waals surface area contributed by atoms with Gasteiger partial charge in [0.15, 0.2) is 0 Å². The number of fused-ring (bicyclic) bond motifs is 1. The van der Waals surface area contributed by atoms with Crippen molar-refractivity contribution in [3.8, 4) is 22.6 Å². The minimum absolute atomic E-state index is 0.00297. The number of likely N-dealkylation sites (tertiary alicyclic amines) is 2. The maximum Gasteiger partial charge on any atom is 0.309 e. The van der Waals surface area contributed by atoms with Gasteiger partial charge in [0.25, 0.3) is 0 Å². The van der Waals surface area contributed by atoms with Crippen molar-refractivity contribution in [3.05, 3.63) is 60.7 Å². The summed E-state index contributed by atoms with van der Waals surface area (Å²) in [5.41, 5.74) is 6.59. The molecule has 2 aliphatic heterocycles. The highest BCUT2D eigenvalue weighted by atomic mass is 16.5. The molecule has 5 heterocycles. The highest BCUT2D eigenvalue weighted by molar-refractivity contribution is 5.88. The number of aromatic amines is 1. The first-order valence-corrected chi connectivity index (χ1v) is 14.2. The van der Waals surface area contributed by atoms with Crippen LogP contribution < -0.4 is 5.32 Å². The van der Waals surface area contributed by atoms with Crippen LogP contribution in [0, 0.1) is 12.8 Å². The molecule has 6 rings (SSSR count). The molecule has 9 heteroatoms. The van der Waals surface area contributed by atoms with E-state index in [4.69, 9.17) is 4.74 Å². The average molecular weight is 540 g/mol. The fourth-order valence-corrected chi connectivity index (χ4v) is 5.77. The summed E-state index contributed by atoms with van der Waals surface area (Å²) < 4.78 is 5.77. The van der Waals surface area contributed by atoms with E-state index in [2.05, 4.69) is 60.3 Å². The number of carbonyl (C=O) groups is 1. The number of benzene rings is 1. The van der Waals surface area contributed by atoms with Crippen LogP contribution in [0.4, 0.5) is 5.69 Å². The molecule has 40 heavy (non-hydrogen) atoms. The van der Waals surface area contributed by atoms with Gasteiger partial charge < -0.3 is 24.8 Å². The van der Waals surface area contributed by atoms with E-state index < -0.39 is 0 Å². The molecule has 0 aliphatic carbocycles. The molecule has 0 unspecified atom stereocenters. The summed E-state index contributed by atoms with van der Waals surface area (Å²) in [5, 5.41) is 4.59. The van der Waals surface area contributed by atoms with Gasteiger partial charge in [0.05, 0.1) is 46.7 Å². The SMILES string of the molecule is Cc1cccc(-c2[nH]cnc2-c2ccc3ncc(NCCN4CCC(C(=O)O[C@H]5CCN(C)C5)CC4)cc3c2)n1. The molecule has 2 aliphatic rings. The summed E-state index contributed by atoms with van der Waals surface area (Å²) in [6, 6.07) is 14.4. The van der Waals surface area contributed by atoms with Crippen LogP contribution in [-0.2, 0) is 9.53 Å². The highest BCUT2D eigenvalue weighted by Crippen LogP contribution is 2.30. The van der Waals surface area contributed by atoms with Crippen molar-refractivity contribution in [1.29, 1.82) is 0 Å². The Morgan fingerprint density at radius 1 is 1.10 bits per heavy atom. The molecule has 1 aromatic carbocycles. The predicted octanol–water partition coefficient (Wildman–Crippen LogP) is 4.37. The number of nitrogens with one attached hydrogen (secondary N) is 2. The Balaban J connectivity index is 1.04. The van der Waals surface area contributed by atoms with E-state index in [-0.39, 0.29) is 18.0 Å². The van der Waals surface area contributed by atoms with Gasteiger partial charge in [0.1, 0.15) is 6.10 Å². The van der Waals surface area contributed by atoms with Gasteiger partial charge >= 0.3 is 5.97 Å². The van der Waals surface area contributed by atoms with Gasteiger partial charge in [-0.2, -0.15) is 0 Å². The Hall–Kier alpha value is -3.82. The largest absolute Gasteiger partial charge is 0.461 e. The number of carbonyl (C=O) groups excluding carboxylic acids is 1. The number of ether oxygens (including phenoxy) is 1. The number of H-pyrrole nitrogens is 1. The summed E-state index contributed by atoms with van der Waals surface area (Å²) in [6.45, 7) is 7.45. The summed E-state index contributed by atoms with van der Waals surface area (Å²) in [6.07, 6.45) is 6.37. The number of likely N-dealkylation sites (N-methyl/N-ethyl adjacent to an activating group) is 1. The molecule has 208 valence electrons. The molecule has 3 aromatic heterocycles. The normalized spacial score (nSPS) is 18.8. The number of pyridine rings is 2. The first-order valence-electron chi connectivity index (χ1n) is 14.2. The van der Waals surface area contributed by atoms with Crippen molar-refractivity contribution < 1.29 is 9.53 Å². The van der Waals surface area contributed by atoms with Gasteiger partial charge in [-0.15, -0.1) is 0 Å². The molecule has 2 N–H and O–H groups in total. The smallest absolute Gasteiger partial charge is 0.309 e.